The summed E-state index contributed by atoms with van der Waals surface area (Å²) in [4.78, 5) is 12.0. The lowest BCUT2D eigenvalue weighted by Crippen LogP contribution is -2.43. The Morgan fingerprint density at radius 2 is 1.75 bits per heavy atom. The zero-order valence-corrected chi connectivity index (χ0v) is 18.2. The second-order valence-corrected chi connectivity index (χ2v) is 9.45. The van der Waals surface area contributed by atoms with Gasteiger partial charge in [-0.25, -0.2) is 8.42 Å². The van der Waals surface area contributed by atoms with Crippen molar-refractivity contribution in [1.29, 1.82) is 0 Å². The van der Waals surface area contributed by atoms with Gasteiger partial charge in [0.25, 0.3) is 0 Å². The van der Waals surface area contributed by atoms with Gasteiger partial charge in [-0.05, 0) is 49.6 Å². The van der Waals surface area contributed by atoms with Crippen LogP contribution in [0.5, 0.6) is 5.75 Å². The number of rotatable bonds is 8. The van der Waals surface area contributed by atoms with E-state index < -0.39 is 26.7 Å². The third-order valence-corrected chi connectivity index (χ3v) is 7.15. The molecule has 6 nitrogen and oxygen atoms in total. The molecule has 2 aromatic rings. The summed E-state index contributed by atoms with van der Waals surface area (Å²) in [7, 11) is -4.06. The van der Waals surface area contributed by atoms with E-state index in [9.17, 15) is 26.4 Å². The molecule has 1 N–H and O–H groups in total. The van der Waals surface area contributed by atoms with Crippen LogP contribution in [0.15, 0.2) is 59.5 Å². The van der Waals surface area contributed by atoms with E-state index in [0.717, 1.165) is 28.3 Å². The zero-order chi connectivity index (χ0) is 23.2. The van der Waals surface area contributed by atoms with Crippen LogP contribution in [0.25, 0.3) is 0 Å². The first-order valence-electron chi connectivity index (χ1n) is 10.3. The number of nitrogens with zero attached hydrogens (tertiary/aromatic N) is 1. The SMILES string of the molecule is O=C(NCCCOc1ccccc1)C1CCN(S(=O)(=O)c2cccc(C(F)(F)F)c2)CC1. The maximum atomic E-state index is 12.9. The summed E-state index contributed by atoms with van der Waals surface area (Å²) < 4.78 is 70.9. The molecule has 0 saturated carbocycles. The van der Waals surface area contributed by atoms with Gasteiger partial charge in [-0.3, -0.25) is 4.79 Å². The topological polar surface area (TPSA) is 75.7 Å². The van der Waals surface area contributed by atoms with Gasteiger partial charge < -0.3 is 10.1 Å². The smallest absolute Gasteiger partial charge is 0.416 e. The van der Waals surface area contributed by atoms with Gasteiger partial charge in [-0.1, -0.05) is 24.3 Å². The second-order valence-electron chi connectivity index (χ2n) is 7.51. The Balaban J connectivity index is 1.45. The summed E-state index contributed by atoms with van der Waals surface area (Å²) in [5.74, 6) is 0.270. The van der Waals surface area contributed by atoms with Gasteiger partial charge in [0.15, 0.2) is 0 Å². The summed E-state index contributed by atoms with van der Waals surface area (Å²) in [5.41, 5.74) is -1.01. The minimum Gasteiger partial charge on any atom is -0.494 e. The third-order valence-electron chi connectivity index (χ3n) is 5.26. The molecule has 174 valence electrons. The number of nitrogens with one attached hydrogen (secondary N) is 1. The number of benzene rings is 2. The fourth-order valence-corrected chi connectivity index (χ4v) is 4.99. The molecule has 0 unspecified atom stereocenters. The Kier molecular flexibility index (Phi) is 7.78. The van der Waals surface area contributed by atoms with Crippen LogP contribution in [-0.2, 0) is 21.0 Å². The number of halogens is 3. The molecular formula is C22H25F3N2O4S. The Hall–Kier alpha value is -2.59. The molecule has 0 aromatic heterocycles. The van der Waals surface area contributed by atoms with Crippen molar-refractivity contribution in [3.63, 3.8) is 0 Å². The number of amides is 1. The minimum atomic E-state index is -4.62. The van der Waals surface area contributed by atoms with E-state index in [2.05, 4.69) is 5.32 Å². The molecule has 1 fully saturated rings. The van der Waals surface area contributed by atoms with E-state index in [-0.39, 0.29) is 24.9 Å². The van der Waals surface area contributed by atoms with E-state index in [0.29, 0.717) is 38.5 Å². The van der Waals surface area contributed by atoms with Crippen LogP contribution in [0.4, 0.5) is 13.2 Å². The molecule has 0 aliphatic carbocycles. The largest absolute Gasteiger partial charge is 0.494 e. The maximum Gasteiger partial charge on any atom is 0.416 e. The molecule has 3 rings (SSSR count). The van der Waals surface area contributed by atoms with Gasteiger partial charge in [0, 0.05) is 25.6 Å². The quantitative estimate of drug-likeness (QED) is 0.597. The van der Waals surface area contributed by atoms with Crippen LogP contribution in [-0.4, -0.2) is 44.9 Å². The number of para-hydroxylation sites is 1. The molecule has 1 saturated heterocycles. The lowest BCUT2D eigenvalue weighted by molar-refractivity contribution is -0.137. The first-order chi connectivity index (χ1) is 15.2. The summed E-state index contributed by atoms with van der Waals surface area (Å²) >= 11 is 0. The van der Waals surface area contributed by atoms with Crippen LogP contribution in [0.3, 0.4) is 0 Å². The Bertz CT molecular complexity index is 1010. The average Bonchev–Trinajstić information content (AvgIpc) is 2.79. The first-order valence-corrected chi connectivity index (χ1v) is 11.7. The number of piperidine rings is 1. The molecule has 0 bridgehead atoms. The van der Waals surface area contributed by atoms with Crippen LogP contribution in [0.1, 0.15) is 24.8 Å². The number of sulfonamides is 1. The van der Waals surface area contributed by atoms with Crippen LogP contribution in [0, 0.1) is 5.92 Å². The van der Waals surface area contributed by atoms with Crippen molar-refractivity contribution in [2.45, 2.75) is 30.3 Å². The Labute approximate surface area is 185 Å². The highest BCUT2D eigenvalue weighted by Crippen LogP contribution is 2.32. The monoisotopic (exact) mass is 470 g/mol. The van der Waals surface area contributed by atoms with Crippen molar-refractivity contribution in [2.24, 2.45) is 5.92 Å². The summed E-state index contributed by atoms with van der Waals surface area (Å²) in [6.45, 7) is 1.05. The molecule has 0 atom stereocenters. The van der Waals surface area contributed by atoms with Gasteiger partial charge in [0.1, 0.15) is 5.75 Å². The predicted molar refractivity (Wildman–Crippen MR) is 112 cm³/mol. The number of hydrogen-bond acceptors (Lipinski definition) is 4. The van der Waals surface area contributed by atoms with Gasteiger partial charge >= 0.3 is 6.18 Å². The fraction of sp³-hybridized carbons (Fsp3) is 0.409. The van der Waals surface area contributed by atoms with Crippen molar-refractivity contribution in [3.05, 3.63) is 60.2 Å². The van der Waals surface area contributed by atoms with E-state index in [1.807, 2.05) is 30.3 Å². The first kappa shape index (κ1) is 24.1. The summed E-state index contributed by atoms with van der Waals surface area (Å²) in [6, 6.07) is 13.0. The molecular weight excluding hydrogens is 445 g/mol. The Morgan fingerprint density at radius 3 is 2.41 bits per heavy atom. The molecule has 0 radical (unpaired) electrons. The lowest BCUT2D eigenvalue weighted by Gasteiger charge is -2.30. The number of ether oxygens (including phenoxy) is 1. The Morgan fingerprint density at radius 1 is 1.06 bits per heavy atom. The number of carbonyl (C=O) groups is 1. The maximum absolute atomic E-state index is 12.9. The van der Waals surface area contributed by atoms with Gasteiger partial charge in [-0.2, -0.15) is 17.5 Å². The highest BCUT2D eigenvalue weighted by atomic mass is 32.2. The molecule has 32 heavy (non-hydrogen) atoms. The van der Waals surface area contributed by atoms with E-state index in [1.54, 1.807) is 0 Å². The third kappa shape index (κ3) is 6.23. The second kappa shape index (κ2) is 10.4. The zero-order valence-electron chi connectivity index (χ0n) is 17.3. The molecule has 0 spiro atoms. The molecule has 1 aliphatic rings. The van der Waals surface area contributed by atoms with Crippen molar-refractivity contribution < 1.29 is 31.1 Å². The number of carbonyl (C=O) groups excluding carboxylic acids is 1. The van der Waals surface area contributed by atoms with Crippen LogP contribution in [0.2, 0.25) is 0 Å². The predicted octanol–water partition coefficient (Wildman–Crippen LogP) is 3.69. The van der Waals surface area contributed by atoms with E-state index in [1.165, 1.54) is 0 Å². The van der Waals surface area contributed by atoms with E-state index in [4.69, 9.17) is 4.74 Å². The van der Waals surface area contributed by atoms with Crippen molar-refractivity contribution in [3.8, 4) is 5.75 Å². The van der Waals surface area contributed by atoms with Crippen molar-refractivity contribution in [1.82, 2.24) is 9.62 Å². The van der Waals surface area contributed by atoms with Crippen LogP contribution >= 0.6 is 0 Å². The molecule has 10 heteroatoms. The summed E-state index contributed by atoms with van der Waals surface area (Å²) in [5, 5.41) is 2.84. The van der Waals surface area contributed by atoms with Crippen LogP contribution < -0.4 is 10.1 Å². The van der Waals surface area contributed by atoms with Crippen molar-refractivity contribution in [2.75, 3.05) is 26.2 Å². The van der Waals surface area contributed by atoms with Gasteiger partial charge in [0.05, 0.1) is 17.1 Å². The highest BCUT2D eigenvalue weighted by molar-refractivity contribution is 7.89. The molecule has 1 aliphatic heterocycles. The minimum absolute atomic E-state index is 0.0772. The highest BCUT2D eigenvalue weighted by Gasteiger charge is 2.35. The lowest BCUT2D eigenvalue weighted by atomic mass is 9.97. The number of hydrogen-bond donors (Lipinski definition) is 1. The average molecular weight is 471 g/mol. The number of alkyl halides is 3. The van der Waals surface area contributed by atoms with E-state index >= 15 is 0 Å². The molecule has 1 amide bonds. The molecule has 1 heterocycles. The standard InChI is InChI=1S/C22H25F3N2O4S/c23-22(24,25)18-6-4-9-20(16-18)32(29,30)27-13-10-17(11-14-27)21(28)26-12-5-15-31-19-7-2-1-3-8-19/h1-4,6-9,16-17H,5,10-15H2,(H,26,28). The van der Waals surface area contributed by atoms with Crippen molar-refractivity contribution >= 4 is 15.9 Å². The fourth-order valence-electron chi connectivity index (χ4n) is 3.48. The normalized spacial score (nSPS) is 16.0. The van der Waals surface area contributed by atoms with Gasteiger partial charge in [0.2, 0.25) is 15.9 Å². The van der Waals surface area contributed by atoms with Gasteiger partial charge in [-0.15, -0.1) is 0 Å². The summed E-state index contributed by atoms with van der Waals surface area (Å²) in [6.07, 6.45) is -3.37. The molecule has 2 aromatic carbocycles.